The first kappa shape index (κ1) is 7.60. The molecular formula is C6H10N4OS. The predicted octanol–water partition coefficient (Wildman–Crippen LogP) is -0.886. The SMILES string of the molecule is CN1C(=S)N(C)[C@H]2NC(=O)N[C@H]21. The number of rotatable bonds is 0. The van der Waals surface area contributed by atoms with Crippen molar-refractivity contribution >= 4 is 23.4 Å². The van der Waals surface area contributed by atoms with Crippen molar-refractivity contribution in [3.05, 3.63) is 0 Å². The van der Waals surface area contributed by atoms with Gasteiger partial charge in [-0.25, -0.2) is 4.79 Å². The van der Waals surface area contributed by atoms with Crippen molar-refractivity contribution in [1.82, 2.24) is 20.4 Å². The van der Waals surface area contributed by atoms with Crippen LogP contribution in [0.15, 0.2) is 0 Å². The first-order valence-electron chi connectivity index (χ1n) is 3.68. The van der Waals surface area contributed by atoms with Gasteiger partial charge in [0.05, 0.1) is 0 Å². The topological polar surface area (TPSA) is 47.6 Å². The summed E-state index contributed by atoms with van der Waals surface area (Å²) in [7, 11) is 3.74. The van der Waals surface area contributed by atoms with E-state index in [-0.39, 0.29) is 18.4 Å². The third kappa shape index (κ3) is 0.781. The molecule has 0 aliphatic carbocycles. The van der Waals surface area contributed by atoms with Crippen LogP contribution in [0.2, 0.25) is 0 Å². The highest BCUT2D eigenvalue weighted by Gasteiger charge is 2.45. The standard InChI is InChI=1S/C6H10N4OS/c1-9-3-4(8-5(11)7-3)10(2)6(9)12/h3-4H,1-2H3,(H2,7,8,11)/t3-,4+. The van der Waals surface area contributed by atoms with Crippen LogP contribution in [0.1, 0.15) is 0 Å². The minimum absolute atomic E-state index is 0.0185. The molecule has 2 fully saturated rings. The number of nitrogens with one attached hydrogen (secondary N) is 2. The van der Waals surface area contributed by atoms with Crippen molar-refractivity contribution in [1.29, 1.82) is 0 Å². The number of nitrogens with zero attached hydrogens (tertiary/aromatic N) is 2. The second kappa shape index (κ2) is 2.22. The number of thiocarbonyl (C=S) groups is 1. The van der Waals surface area contributed by atoms with E-state index < -0.39 is 0 Å². The molecule has 2 heterocycles. The zero-order valence-electron chi connectivity index (χ0n) is 6.87. The first-order valence-corrected chi connectivity index (χ1v) is 4.09. The molecule has 0 aromatic carbocycles. The molecule has 6 heteroatoms. The lowest BCUT2D eigenvalue weighted by atomic mass is 10.4. The minimum Gasteiger partial charge on any atom is -0.328 e. The summed E-state index contributed by atoms with van der Waals surface area (Å²) in [4.78, 5) is 14.7. The van der Waals surface area contributed by atoms with Crippen LogP contribution < -0.4 is 10.6 Å². The first-order chi connectivity index (χ1) is 5.61. The van der Waals surface area contributed by atoms with Crippen LogP contribution in [0.4, 0.5) is 4.79 Å². The monoisotopic (exact) mass is 186 g/mol. The Morgan fingerprint density at radius 3 is 2.08 bits per heavy atom. The van der Waals surface area contributed by atoms with E-state index in [1.807, 2.05) is 23.9 Å². The summed E-state index contributed by atoms with van der Waals surface area (Å²) in [5, 5.41) is 6.29. The van der Waals surface area contributed by atoms with Gasteiger partial charge in [-0.1, -0.05) is 0 Å². The molecule has 2 atom stereocenters. The summed E-state index contributed by atoms with van der Waals surface area (Å²) in [5.74, 6) is 0. The van der Waals surface area contributed by atoms with Crippen LogP contribution in [-0.2, 0) is 0 Å². The van der Waals surface area contributed by atoms with Crippen molar-refractivity contribution in [2.45, 2.75) is 12.3 Å². The maximum Gasteiger partial charge on any atom is 0.318 e. The normalized spacial score (nSPS) is 33.5. The Labute approximate surface area is 75.7 Å². The predicted molar refractivity (Wildman–Crippen MR) is 47.4 cm³/mol. The number of carbonyl (C=O) groups excluding carboxylic acids is 1. The molecule has 2 saturated heterocycles. The van der Waals surface area contributed by atoms with Crippen LogP contribution in [0.3, 0.4) is 0 Å². The van der Waals surface area contributed by atoms with Gasteiger partial charge in [-0.2, -0.15) is 0 Å². The zero-order valence-corrected chi connectivity index (χ0v) is 7.68. The Balaban J connectivity index is 2.26. The number of carbonyl (C=O) groups is 1. The van der Waals surface area contributed by atoms with Crippen LogP contribution >= 0.6 is 12.2 Å². The van der Waals surface area contributed by atoms with Gasteiger partial charge < -0.3 is 20.4 Å². The molecule has 0 bridgehead atoms. The van der Waals surface area contributed by atoms with Gasteiger partial charge in [0, 0.05) is 14.1 Å². The van der Waals surface area contributed by atoms with E-state index in [0.29, 0.717) is 0 Å². The molecule has 0 saturated carbocycles. The number of amides is 2. The molecule has 0 spiro atoms. The van der Waals surface area contributed by atoms with Gasteiger partial charge in [-0.15, -0.1) is 0 Å². The van der Waals surface area contributed by atoms with Gasteiger partial charge in [0.15, 0.2) is 5.11 Å². The molecule has 0 unspecified atom stereocenters. The molecule has 2 aliphatic rings. The Bertz CT molecular complexity index is 234. The largest absolute Gasteiger partial charge is 0.328 e. The fraction of sp³-hybridized carbons (Fsp3) is 0.667. The highest BCUT2D eigenvalue weighted by atomic mass is 32.1. The summed E-state index contributed by atoms with van der Waals surface area (Å²) in [5.41, 5.74) is 0. The van der Waals surface area contributed by atoms with Crippen LogP contribution in [0.5, 0.6) is 0 Å². The number of likely N-dealkylation sites (N-methyl/N-ethyl adjacent to an activating group) is 2. The fourth-order valence-corrected chi connectivity index (χ4v) is 1.80. The summed E-state index contributed by atoms with van der Waals surface area (Å²) < 4.78 is 0. The van der Waals surface area contributed by atoms with E-state index in [1.165, 1.54) is 0 Å². The third-order valence-electron chi connectivity index (χ3n) is 2.29. The van der Waals surface area contributed by atoms with Gasteiger partial charge in [0.25, 0.3) is 0 Å². The van der Waals surface area contributed by atoms with Gasteiger partial charge in [-0.05, 0) is 12.2 Å². The minimum atomic E-state index is -0.133. The smallest absolute Gasteiger partial charge is 0.318 e. The maximum absolute atomic E-state index is 10.9. The summed E-state index contributed by atoms with van der Waals surface area (Å²) in [6, 6.07) is -0.133. The van der Waals surface area contributed by atoms with Gasteiger partial charge in [0.2, 0.25) is 0 Å². The lowest BCUT2D eigenvalue weighted by molar-refractivity contribution is 0.243. The number of hydrogen-bond donors (Lipinski definition) is 2. The number of fused-ring (bicyclic) bond motifs is 1. The van der Waals surface area contributed by atoms with E-state index in [0.717, 1.165) is 5.11 Å². The molecule has 0 aromatic rings. The van der Waals surface area contributed by atoms with E-state index in [1.54, 1.807) is 0 Å². The Kier molecular flexibility index (Phi) is 1.41. The average Bonchev–Trinajstić information content (AvgIpc) is 2.49. The third-order valence-corrected chi connectivity index (χ3v) is 2.87. The fourth-order valence-electron chi connectivity index (χ4n) is 1.57. The molecule has 12 heavy (non-hydrogen) atoms. The molecule has 2 rings (SSSR count). The molecule has 2 aliphatic heterocycles. The molecule has 2 N–H and O–H groups in total. The zero-order chi connectivity index (χ0) is 8.88. The maximum atomic E-state index is 10.9. The van der Waals surface area contributed by atoms with Crippen molar-refractivity contribution in [2.24, 2.45) is 0 Å². The summed E-state index contributed by atoms with van der Waals surface area (Å²) in [6.07, 6.45) is -0.0370. The van der Waals surface area contributed by atoms with Crippen molar-refractivity contribution in [3.8, 4) is 0 Å². The Morgan fingerprint density at radius 1 is 1.25 bits per heavy atom. The lowest BCUT2D eigenvalue weighted by Crippen LogP contribution is -2.41. The summed E-state index contributed by atoms with van der Waals surface area (Å²) in [6.45, 7) is 0. The second-order valence-corrected chi connectivity index (χ2v) is 3.38. The van der Waals surface area contributed by atoms with E-state index in [4.69, 9.17) is 12.2 Å². The molecule has 5 nitrogen and oxygen atoms in total. The van der Waals surface area contributed by atoms with Gasteiger partial charge >= 0.3 is 6.03 Å². The number of urea groups is 1. The molecule has 0 aromatic heterocycles. The quantitative estimate of drug-likeness (QED) is 0.482. The van der Waals surface area contributed by atoms with Gasteiger partial charge in [0.1, 0.15) is 12.3 Å². The van der Waals surface area contributed by atoms with Crippen LogP contribution in [-0.4, -0.2) is 47.4 Å². The molecule has 0 radical (unpaired) electrons. The highest BCUT2D eigenvalue weighted by Crippen LogP contribution is 2.19. The van der Waals surface area contributed by atoms with E-state index in [2.05, 4.69) is 10.6 Å². The van der Waals surface area contributed by atoms with Crippen LogP contribution in [0.25, 0.3) is 0 Å². The number of hydrogen-bond acceptors (Lipinski definition) is 2. The van der Waals surface area contributed by atoms with E-state index >= 15 is 0 Å². The van der Waals surface area contributed by atoms with Crippen molar-refractivity contribution in [2.75, 3.05) is 14.1 Å². The highest BCUT2D eigenvalue weighted by molar-refractivity contribution is 7.80. The van der Waals surface area contributed by atoms with Crippen LogP contribution in [0, 0.1) is 0 Å². The lowest BCUT2D eigenvalue weighted by Gasteiger charge is -2.17. The van der Waals surface area contributed by atoms with E-state index in [9.17, 15) is 4.79 Å². The molecular weight excluding hydrogens is 176 g/mol. The Morgan fingerprint density at radius 2 is 1.67 bits per heavy atom. The van der Waals surface area contributed by atoms with Crippen molar-refractivity contribution in [3.63, 3.8) is 0 Å². The molecule has 2 amide bonds. The summed E-state index contributed by atoms with van der Waals surface area (Å²) >= 11 is 5.12. The molecule has 66 valence electrons. The second-order valence-electron chi connectivity index (χ2n) is 3.01. The Hall–Kier alpha value is -1.04. The van der Waals surface area contributed by atoms with Gasteiger partial charge in [-0.3, -0.25) is 0 Å². The average molecular weight is 186 g/mol. The van der Waals surface area contributed by atoms with Crippen molar-refractivity contribution < 1.29 is 4.79 Å².